The van der Waals surface area contributed by atoms with Gasteiger partial charge in [0, 0.05) is 54.6 Å². The number of pyridine rings is 1. The smallest absolute Gasteiger partial charge is 0.277 e. The summed E-state index contributed by atoms with van der Waals surface area (Å²) in [7, 11) is 4.01. The van der Waals surface area contributed by atoms with E-state index in [1.807, 2.05) is 69.0 Å². The number of nitrogens with zero attached hydrogens (tertiary/aromatic N) is 10. The van der Waals surface area contributed by atoms with Crippen LogP contribution in [0.1, 0.15) is 31.9 Å². The number of benzene rings is 2. The summed E-state index contributed by atoms with van der Waals surface area (Å²) in [5, 5.41) is 20.8. The zero-order valence-electron chi connectivity index (χ0n) is 29.4. The number of ether oxygens (including phenoxy) is 1. The average molecular weight is 694 g/mol. The number of nitro benzene ring substituents is 1. The molecule has 1 amide bonds. The van der Waals surface area contributed by atoms with Crippen LogP contribution in [0, 0.1) is 17.0 Å². The van der Waals surface area contributed by atoms with Crippen molar-refractivity contribution in [3.8, 4) is 22.8 Å². The number of carbonyl (C=O) groups is 1. The van der Waals surface area contributed by atoms with Gasteiger partial charge in [0.05, 0.1) is 42.0 Å². The number of aryl methyl sites for hydroxylation is 2. The quantitative estimate of drug-likeness (QED) is 0.0627. The summed E-state index contributed by atoms with van der Waals surface area (Å²) in [6.07, 6.45) is 6.26. The van der Waals surface area contributed by atoms with E-state index in [0.29, 0.717) is 67.2 Å². The summed E-state index contributed by atoms with van der Waals surface area (Å²) < 4.78 is 7.85. The molecule has 0 radical (unpaired) electrons. The molecule has 0 fully saturated rings. The Morgan fingerprint density at radius 3 is 2.57 bits per heavy atom. The van der Waals surface area contributed by atoms with E-state index in [-0.39, 0.29) is 23.1 Å². The van der Waals surface area contributed by atoms with Crippen molar-refractivity contribution in [3.05, 3.63) is 76.9 Å². The fourth-order valence-electron chi connectivity index (χ4n) is 6.24. The average Bonchev–Trinajstić information content (AvgIpc) is 3.60. The lowest BCUT2D eigenvalue weighted by molar-refractivity contribution is -0.383. The second-order valence-electron chi connectivity index (χ2n) is 12.6. The van der Waals surface area contributed by atoms with Gasteiger partial charge in [-0.3, -0.25) is 29.4 Å². The number of aromatic nitrogens is 6. The Hall–Kier alpha value is -5.54. The summed E-state index contributed by atoms with van der Waals surface area (Å²) in [5.41, 5.74) is 3.97. The molecule has 0 saturated carbocycles. The summed E-state index contributed by atoms with van der Waals surface area (Å²) in [6, 6.07) is 14.7. The summed E-state index contributed by atoms with van der Waals surface area (Å²) in [6.45, 7) is 7.81. The van der Waals surface area contributed by atoms with E-state index in [1.165, 1.54) is 0 Å². The number of nitrogens with one attached hydrogen (secondary N) is 1. The van der Waals surface area contributed by atoms with Crippen LogP contribution in [-0.4, -0.2) is 99.1 Å². The van der Waals surface area contributed by atoms with E-state index < -0.39 is 0 Å². The summed E-state index contributed by atoms with van der Waals surface area (Å²) in [4.78, 5) is 48.0. The van der Waals surface area contributed by atoms with E-state index in [0.717, 1.165) is 48.1 Å². The topological polar surface area (TPSA) is 161 Å². The molecule has 0 spiro atoms. The van der Waals surface area contributed by atoms with Crippen molar-refractivity contribution in [2.24, 2.45) is 0 Å². The highest BCUT2D eigenvalue weighted by Gasteiger charge is 2.26. The zero-order valence-corrected chi connectivity index (χ0v) is 29.4. The van der Waals surface area contributed by atoms with Crippen LogP contribution in [0.5, 0.6) is 0 Å². The third-order valence-corrected chi connectivity index (χ3v) is 8.71. The summed E-state index contributed by atoms with van der Waals surface area (Å²) >= 11 is 0. The standard InChI is InChI=1S/C36H43N11O4/c1-5-46-33(48)22-38-35-36(46)41-30(21-37-35)26-13-14-29(40-25(26)2)34-39-23-45(42-34)17-9-6-10-19-51-20-18-44(24-43(3)4)31-15-16-32(47(49)50)28-12-8-7-11-27(28)31/h7-8,11-16,21,23H,5-6,9-10,17-20,22,24H2,1-4H3,(H,37,38). The van der Waals surface area contributed by atoms with Gasteiger partial charge in [-0.25, -0.2) is 19.9 Å². The lowest BCUT2D eigenvalue weighted by Gasteiger charge is -2.29. The number of anilines is 3. The Morgan fingerprint density at radius 2 is 1.80 bits per heavy atom. The molecule has 15 heteroatoms. The Morgan fingerprint density at radius 1 is 0.980 bits per heavy atom. The number of unbranched alkanes of at least 4 members (excludes halogenated alkanes) is 2. The molecular formula is C36H43N11O4. The number of non-ortho nitro benzene ring substituents is 1. The molecule has 15 nitrogen and oxygen atoms in total. The molecule has 51 heavy (non-hydrogen) atoms. The largest absolute Gasteiger partial charge is 0.380 e. The first-order valence-electron chi connectivity index (χ1n) is 17.2. The van der Waals surface area contributed by atoms with Crippen molar-refractivity contribution < 1.29 is 14.5 Å². The Labute approximate surface area is 296 Å². The first-order valence-corrected chi connectivity index (χ1v) is 17.2. The lowest BCUT2D eigenvalue weighted by Crippen LogP contribution is -2.40. The first kappa shape index (κ1) is 35.3. The number of hydrogen-bond acceptors (Lipinski definition) is 12. The molecule has 0 unspecified atom stereocenters. The maximum atomic E-state index is 12.3. The van der Waals surface area contributed by atoms with Crippen LogP contribution in [-0.2, 0) is 16.1 Å². The van der Waals surface area contributed by atoms with Gasteiger partial charge in [-0.15, -0.1) is 5.10 Å². The normalized spacial score (nSPS) is 12.7. The molecule has 4 heterocycles. The molecule has 3 aromatic heterocycles. The highest BCUT2D eigenvalue weighted by molar-refractivity contribution is 6.01. The van der Waals surface area contributed by atoms with Gasteiger partial charge in [0.2, 0.25) is 5.91 Å². The highest BCUT2D eigenvalue weighted by Crippen LogP contribution is 2.34. The van der Waals surface area contributed by atoms with Gasteiger partial charge >= 0.3 is 0 Å². The zero-order chi connectivity index (χ0) is 35.9. The molecule has 2 aromatic carbocycles. The van der Waals surface area contributed by atoms with Crippen molar-refractivity contribution in [3.63, 3.8) is 0 Å². The Balaban J connectivity index is 0.971. The number of likely N-dealkylation sites (N-methyl/N-ethyl adjacent to an activating group) is 1. The van der Waals surface area contributed by atoms with Gasteiger partial charge in [0.15, 0.2) is 17.5 Å². The predicted octanol–water partition coefficient (Wildman–Crippen LogP) is 5.16. The number of rotatable bonds is 16. The van der Waals surface area contributed by atoms with Gasteiger partial charge in [-0.1, -0.05) is 18.2 Å². The van der Waals surface area contributed by atoms with Crippen LogP contribution in [0.2, 0.25) is 0 Å². The van der Waals surface area contributed by atoms with Crippen molar-refractivity contribution in [2.45, 2.75) is 39.7 Å². The van der Waals surface area contributed by atoms with Gasteiger partial charge in [0.1, 0.15) is 12.0 Å². The van der Waals surface area contributed by atoms with E-state index in [4.69, 9.17) is 14.7 Å². The van der Waals surface area contributed by atoms with E-state index in [1.54, 1.807) is 29.6 Å². The molecule has 266 valence electrons. The van der Waals surface area contributed by atoms with E-state index in [2.05, 4.69) is 30.2 Å². The number of hydrogen-bond donors (Lipinski definition) is 1. The van der Waals surface area contributed by atoms with Crippen LogP contribution in [0.4, 0.5) is 23.0 Å². The molecular weight excluding hydrogens is 650 g/mol. The second-order valence-corrected chi connectivity index (χ2v) is 12.6. The van der Waals surface area contributed by atoms with Gasteiger partial charge in [-0.05, 0) is 71.5 Å². The molecule has 0 atom stereocenters. The van der Waals surface area contributed by atoms with Gasteiger partial charge in [-0.2, -0.15) is 0 Å². The predicted molar refractivity (Wildman–Crippen MR) is 197 cm³/mol. The van der Waals surface area contributed by atoms with Crippen LogP contribution in [0.3, 0.4) is 0 Å². The third-order valence-electron chi connectivity index (χ3n) is 8.71. The number of amides is 1. The molecule has 1 aliphatic heterocycles. The second kappa shape index (κ2) is 16.0. The minimum atomic E-state index is -0.332. The van der Waals surface area contributed by atoms with Crippen molar-refractivity contribution in [2.75, 3.05) is 68.7 Å². The molecule has 0 bridgehead atoms. The fourth-order valence-corrected chi connectivity index (χ4v) is 6.24. The lowest BCUT2D eigenvalue weighted by atomic mass is 10.1. The van der Waals surface area contributed by atoms with Crippen LogP contribution in [0.25, 0.3) is 33.5 Å². The van der Waals surface area contributed by atoms with Crippen LogP contribution < -0.4 is 15.1 Å². The van der Waals surface area contributed by atoms with Crippen LogP contribution in [0.15, 0.2) is 61.1 Å². The van der Waals surface area contributed by atoms with E-state index in [9.17, 15) is 14.9 Å². The highest BCUT2D eigenvalue weighted by atomic mass is 16.6. The first-order chi connectivity index (χ1) is 24.7. The number of fused-ring (bicyclic) bond motifs is 2. The molecule has 5 aromatic rings. The molecule has 1 N–H and O–H groups in total. The maximum Gasteiger partial charge on any atom is 0.277 e. The van der Waals surface area contributed by atoms with Gasteiger partial charge < -0.3 is 15.0 Å². The van der Waals surface area contributed by atoms with E-state index >= 15 is 0 Å². The number of nitro groups is 1. The minimum Gasteiger partial charge on any atom is -0.380 e. The summed E-state index contributed by atoms with van der Waals surface area (Å²) in [5.74, 6) is 1.65. The SMILES string of the molecule is CCN1C(=O)CNc2ncc(-c3ccc(-c4ncn(CCCCCOCCN(CN(C)C)c5ccc([N+](=O)[O-])c6ccccc56)n4)nc3C)nc21. The van der Waals surface area contributed by atoms with Crippen molar-refractivity contribution >= 4 is 39.7 Å². The monoisotopic (exact) mass is 693 g/mol. The maximum absolute atomic E-state index is 12.3. The molecule has 0 aliphatic carbocycles. The molecule has 0 saturated heterocycles. The minimum absolute atomic E-state index is 0.0355. The molecule has 6 rings (SSSR count). The number of carbonyl (C=O) groups excluding carboxylic acids is 1. The Kier molecular flexibility index (Phi) is 11.1. The van der Waals surface area contributed by atoms with Crippen LogP contribution >= 0.6 is 0 Å². The fraction of sp³-hybridized carbons (Fsp3) is 0.389. The van der Waals surface area contributed by atoms with Gasteiger partial charge in [0.25, 0.3) is 5.69 Å². The Bertz CT molecular complexity index is 2010. The van der Waals surface area contributed by atoms with Crippen molar-refractivity contribution in [1.29, 1.82) is 0 Å². The molecule has 1 aliphatic rings. The third kappa shape index (κ3) is 8.10. The van der Waals surface area contributed by atoms with Crippen molar-refractivity contribution in [1.82, 2.24) is 34.6 Å².